The van der Waals surface area contributed by atoms with Gasteiger partial charge < -0.3 is 25.2 Å². The lowest BCUT2D eigenvalue weighted by molar-refractivity contribution is -0.189. The summed E-state index contributed by atoms with van der Waals surface area (Å²) in [5.41, 5.74) is 7.96. The van der Waals surface area contributed by atoms with Gasteiger partial charge in [0, 0.05) is 23.3 Å². The number of hydrogen-bond acceptors (Lipinski definition) is 6. The zero-order valence-corrected chi connectivity index (χ0v) is 20.6. The Balaban J connectivity index is 2.20. The fourth-order valence-electron chi connectivity index (χ4n) is 4.66. The SMILES string of the molecule is CCCOC(=O)C1=C(CC)N(C(C(N)=O)C(F)(F)F)C2N1CCN2c1c(C)cc(C)cc1Br. The van der Waals surface area contributed by atoms with E-state index in [9.17, 15) is 22.8 Å². The van der Waals surface area contributed by atoms with Crippen molar-refractivity contribution in [3.05, 3.63) is 39.1 Å². The minimum Gasteiger partial charge on any atom is -0.461 e. The van der Waals surface area contributed by atoms with Gasteiger partial charge >= 0.3 is 12.1 Å². The third kappa shape index (κ3) is 4.51. The zero-order chi connectivity index (χ0) is 24.7. The van der Waals surface area contributed by atoms with Crippen molar-refractivity contribution in [1.82, 2.24) is 9.80 Å². The van der Waals surface area contributed by atoms with Crippen molar-refractivity contribution in [3.63, 3.8) is 0 Å². The summed E-state index contributed by atoms with van der Waals surface area (Å²) in [5, 5.41) is 0. The summed E-state index contributed by atoms with van der Waals surface area (Å²) in [6, 6.07) is 1.22. The number of nitrogens with two attached hydrogens (primary N) is 1. The van der Waals surface area contributed by atoms with Crippen molar-refractivity contribution in [2.24, 2.45) is 5.73 Å². The van der Waals surface area contributed by atoms with Crippen LogP contribution in [0.15, 0.2) is 28.0 Å². The predicted molar refractivity (Wildman–Crippen MR) is 121 cm³/mol. The summed E-state index contributed by atoms with van der Waals surface area (Å²) in [6.07, 6.45) is -5.33. The number of allylic oxidation sites excluding steroid dienone is 1. The summed E-state index contributed by atoms with van der Waals surface area (Å²) in [7, 11) is 0. The number of nitrogens with zero attached hydrogens (tertiary/aromatic N) is 3. The van der Waals surface area contributed by atoms with Gasteiger partial charge in [0.1, 0.15) is 5.70 Å². The molecule has 2 aliphatic heterocycles. The van der Waals surface area contributed by atoms with Crippen LogP contribution in [0.2, 0.25) is 0 Å². The van der Waals surface area contributed by atoms with Gasteiger partial charge in [-0.15, -0.1) is 0 Å². The second-order valence-corrected chi connectivity index (χ2v) is 9.04. The molecule has 1 amide bonds. The maximum absolute atomic E-state index is 14.1. The van der Waals surface area contributed by atoms with Crippen molar-refractivity contribution >= 4 is 33.5 Å². The summed E-state index contributed by atoms with van der Waals surface area (Å²) < 4.78 is 48.4. The normalized spacial score (nSPS) is 19.3. The largest absolute Gasteiger partial charge is 0.461 e. The highest BCUT2D eigenvalue weighted by Gasteiger charge is 2.58. The number of esters is 1. The van der Waals surface area contributed by atoms with E-state index >= 15 is 0 Å². The zero-order valence-electron chi connectivity index (χ0n) is 19.0. The molecular formula is C22H28BrF3N4O3. The third-order valence-electron chi connectivity index (χ3n) is 5.77. The van der Waals surface area contributed by atoms with Gasteiger partial charge in [-0.25, -0.2) is 4.79 Å². The van der Waals surface area contributed by atoms with E-state index in [2.05, 4.69) is 15.9 Å². The van der Waals surface area contributed by atoms with Crippen molar-refractivity contribution in [1.29, 1.82) is 0 Å². The number of anilines is 1. The van der Waals surface area contributed by atoms with Gasteiger partial charge in [0.05, 0.1) is 12.3 Å². The molecule has 182 valence electrons. The number of hydrogen-bond donors (Lipinski definition) is 1. The number of halogens is 4. The molecule has 0 aromatic heterocycles. The van der Waals surface area contributed by atoms with Crippen LogP contribution in [-0.4, -0.2) is 59.9 Å². The minimum absolute atomic E-state index is 0.0508. The average Bonchev–Trinajstić information content (AvgIpc) is 3.23. The van der Waals surface area contributed by atoms with E-state index in [1.807, 2.05) is 32.9 Å². The molecule has 1 aromatic rings. The summed E-state index contributed by atoms with van der Waals surface area (Å²) in [6.45, 7) is 8.03. The van der Waals surface area contributed by atoms with Crippen LogP contribution in [0.1, 0.15) is 37.8 Å². The molecule has 0 aliphatic carbocycles. The van der Waals surface area contributed by atoms with Crippen LogP contribution in [0.5, 0.6) is 0 Å². The molecule has 0 radical (unpaired) electrons. The predicted octanol–water partition coefficient (Wildman–Crippen LogP) is 3.78. The smallest absolute Gasteiger partial charge is 0.417 e. The fourth-order valence-corrected chi connectivity index (χ4v) is 5.56. The number of aryl methyl sites for hydroxylation is 2. The van der Waals surface area contributed by atoms with Crippen molar-refractivity contribution in [3.8, 4) is 0 Å². The van der Waals surface area contributed by atoms with E-state index < -0.39 is 30.4 Å². The lowest BCUT2D eigenvalue weighted by Gasteiger charge is -2.41. The maximum Gasteiger partial charge on any atom is 0.417 e. The lowest BCUT2D eigenvalue weighted by atomic mass is 10.1. The number of ether oxygens (including phenoxy) is 1. The van der Waals surface area contributed by atoms with Crippen LogP contribution in [0.4, 0.5) is 18.9 Å². The number of fused-ring (bicyclic) bond motifs is 1. The van der Waals surface area contributed by atoms with Crippen molar-refractivity contribution in [2.75, 3.05) is 24.6 Å². The van der Waals surface area contributed by atoms with Crippen LogP contribution in [0.3, 0.4) is 0 Å². The molecule has 7 nitrogen and oxygen atoms in total. The number of carbonyl (C=O) groups is 2. The molecule has 2 heterocycles. The van der Waals surface area contributed by atoms with Crippen LogP contribution in [0.25, 0.3) is 0 Å². The van der Waals surface area contributed by atoms with Gasteiger partial charge in [-0.05, 0) is 59.8 Å². The molecule has 2 aliphatic rings. The van der Waals surface area contributed by atoms with Crippen LogP contribution < -0.4 is 10.6 Å². The molecule has 0 saturated carbocycles. The molecule has 2 atom stereocenters. The Hall–Kier alpha value is -2.43. The lowest BCUT2D eigenvalue weighted by Crippen LogP contribution is -2.60. The molecule has 1 saturated heterocycles. The first-order chi connectivity index (χ1) is 15.4. The quantitative estimate of drug-likeness (QED) is 0.538. The Morgan fingerprint density at radius 3 is 2.36 bits per heavy atom. The molecule has 2 N–H and O–H groups in total. The van der Waals surface area contributed by atoms with E-state index in [1.165, 1.54) is 0 Å². The summed E-state index contributed by atoms with van der Waals surface area (Å²) >= 11 is 3.54. The summed E-state index contributed by atoms with van der Waals surface area (Å²) in [5.74, 6) is -2.23. The number of rotatable bonds is 7. The Morgan fingerprint density at radius 2 is 1.85 bits per heavy atom. The molecule has 3 rings (SSSR count). The number of benzene rings is 1. The Morgan fingerprint density at radius 1 is 1.21 bits per heavy atom. The molecular weight excluding hydrogens is 505 g/mol. The highest BCUT2D eigenvalue weighted by Crippen LogP contribution is 2.45. The van der Waals surface area contributed by atoms with Gasteiger partial charge in [-0.1, -0.05) is 19.9 Å². The third-order valence-corrected chi connectivity index (χ3v) is 6.37. The number of amides is 1. The van der Waals surface area contributed by atoms with Gasteiger partial charge in [0.15, 0.2) is 6.29 Å². The van der Waals surface area contributed by atoms with Crippen LogP contribution in [-0.2, 0) is 14.3 Å². The minimum atomic E-state index is -4.94. The van der Waals surface area contributed by atoms with E-state index in [4.69, 9.17) is 10.5 Å². The van der Waals surface area contributed by atoms with E-state index in [-0.39, 0.29) is 31.0 Å². The first kappa shape index (κ1) is 25.2. The van der Waals surface area contributed by atoms with Crippen molar-refractivity contribution < 1.29 is 27.5 Å². The standard InChI is InChI=1S/C22H28BrF3N4O3/c1-5-9-33-20(32)17-15(6-2)30(18(19(27)31)22(24,25)26)21-28(7-8-29(17)21)16-13(4)10-12(3)11-14(16)23/h10-11,18,21H,5-9H2,1-4H3,(H2,27,31). The first-order valence-electron chi connectivity index (χ1n) is 10.8. The van der Waals surface area contributed by atoms with Gasteiger partial charge in [0.25, 0.3) is 0 Å². The monoisotopic (exact) mass is 532 g/mol. The van der Waals surface area contributed by atoms with Gasteiger partial charge in [-0.2, -0.15) is 13.2 Å². The Kier molecular flexibility index (Phi) is 7.21. The molecule has 1 fully saturated rings. The summed E-state index contributed by atoms with van der Waals surface area (Å²) in [4.78, 5) is 29.4. The number of carbonyl (C=O) groups excluding carboxylic acids is 2. The molecule has 0 spiro atoms. The topological polar surface area (TPSA) is 79.1 Å². The highest BCUT2D eigenvalue weighted by molar-refractivity contribution is 9.10. The molecule has 33 heavy (non-hydrogen) atoms. The van der Waals surface area contributed by atoms with Crippen LogP contribution in [0, 0.1) is 13.8 Å². The fraction of sp³-hybridized carbons (Fsp3) is 0.545. The highest BCUT2D eigenvalue weighted by atomic mass is 79.9. The molecule has 2 unspecified atom stereocenters. The second kappa shape index (κ2) is 9.44. The molecule has 11 heteroatoms. The van der Waals surface area contributed by atoms with Crippen molar-refractivity contribution in [2.45, 2.75) is 59.0 Å². The Bertz CT molecular complexity index is 959. The van der Waals surface area contributed by atoms with Crippen LogP contribution >= 0.6 is 15.9 Å². The van der Waals surface area contributed by atoms with E-state index in [0.29, 0.717) is 23.1 Å². The maximum atomic E-state index is 14.1. The van der Waals surface area contributed by atoms with Gasteiger partial charge in [0.2, 0.25) is 11.9 Å². The van der Waals surface area contributed by atoms with E-state index in [1.54, 1.807) is 16.7 Å². The van der Waals surface area contributed by atoms with Gasteiger partial charge in [-0.3, -0.25) is 4.79 Å². The number of primary amides is 1. The second-order valence-electron chi connectivity index (χ2n) is 8.18. The Labute approximate surface area is 199 Å². The molecule has 1 aromatic carbocycles. The molecule has 0 bridgehead atoms. The van der Waals surface area contributed by atoms with E-state index in [0.717, 1.165) is 16.0 Å². The average molecular weight is 533 g/mol. The first-order valence-corrected chi connectivity index (χ1v) is 11.6. The number of alkyl halides is 3.